The molecule has 0 aliphatic rings. The Kier molecular flexibility index (Phi) is 3.15. The number of aryl methyl sites for hydroxylation is 1. The number of rotatable bonds is 2. The third-order valence-corrected chi connectivity index (χ3v) is 2.28. The molecule has 4 nitrogen and oxygen atoms in total. The summed E-state index contributed by atoms with van der Waals surface area (Å²) < 4.78 is 9.65. The van der Waals surface area contributed by atoms with Crippen molar-refractivity contribution >= 4 is 0 Å². The lowest BCUT2D eigenvalue weighted by Crippen LogP contribution is -1.96. The number of hydrogen-bond donors (Lipinski definition) is 0. The Morgan fingerprint density at radius 1 is 1.00 bits per heavy atom. The van der Waals surface area contributed by atoms with Crippen molar-refractivity contribution in [1.82, 2.24) is 0 Å². The molecule has 0 spiro atoms. The van der Waals surface area contributed by atoms with Gasteiger partial charge in [-0.05, 0) is 43.5 Å². The van der Waals surface area contributed by atoms with Gasteiger partial charge >= 0.3 is 0 Å². The van der Waals surface area contributed by atoms with Crippen molar-refractivity contribution < 1.29 is 9.47 Å². The van der Waals surface area contributed by atoms with Gasteiger partial charge in [-0.25, -0.2) is 0 Å². The van der Waals surface area contributed by atoms with Crippen LogP contribution in [-0.4, -0.2) is 0 Å². The van der Waals surface area contributed by atoms with Gasteiger partial charge in [-0.3, -0.25) is 0 Å². The van der Waals surface area contributed by atoms with Crippen LogP contribution in [0.3, 0.4) is 0 Å². The van der Waals surface area contributed by atoms with E-state index in [4.69, 9.17) is 20.0 Å². The van der Waals surface area contributed by atoms with Crippen LogP contribution in [-0.2, 0) is 0 Å². The second kappa shape index (κ2) is 4.34. The van der Waals surface area contributed by atoms with E-state index in [0.29, 0.717) is 11.5 Å². The van der Waals surface area contributed by atoms with Crippen LogP contribution in [0.5, 0.6) is 11.5 Å². The number of benzene rings is 1. The van der Waals surface area contributed by atoms with Crippen LogP contribution in [0.25, 0.3) is 0 Å². The smallest absolute Gasteiger partial charge is 0.292 e. The molecule has 0 saturated carbocycles. The Balaban J connectivity index is 3.33. The van der Waals surface area contributed by atoms with Gasteiger partial charge in [0.15, 0.2) is 0 Å². The highest BCUT2D eigenvalue weighted by molar-refractivity contribution is 5.52. The summed E-state index contributed by atoms with van der Waals surface area (Å²) in [5, 5.41) is 16.9. The molecule has 0 aliphatic heterocycles. The molecule has 15 heavy (non-hydrogen) atoms. The Labute approximate surface area is 88.3 Å². The SMILES string of the molecule is Cc1cc(OC#N)c(C)c(C)c1OC#N. The predicted molar refractivity (Wildman–Crippen MR) is 53.1 cm³/mol. The topological polar surface area (TPSA) is 66.0 Å². The molecule has 1 rings (SSSR count). The zero-order valence-corrected chi connectivity index (χ0v) is 8.79. The molecule has 0 unspecified atom stereocenters. The van der Waals surface area contributed by atoms with Crippen molar-refractivity contribution in [3.63, 3.8) is 0 Å². The minimum Gasteiger partial charge on any atom is -0.388 e. The van der Waals surface area contributed by atoms with Gasteiger partial charge in [0.05, 0.1) is 0 Å². The normalized spacial score (nSPS) is 8.87. The first-order valence-electron chi connectivity index (χ1n) is 4.34. The Hall–Kier alpha value is -2.20. The van der Waals surface area contributed by atoms with Gasteiger partial charge in [-0.15, -0.1) is 10.5 Å². The number of nitrogens with zero attached hydrogens (tertiary/aromatic N) is 2. The quantitative estimate of drug-likeness (QED) is 0.690. The lowest BCUT2D eigenvalue weighted by molar-refractivity contribution is 0.482. The third-order valence-electron chi connectivity index (χ3n) is 2.28. The van der Waals surface area contributed by atoms with E-state index in [2.05, 4.69) is 0 Å². The van der Waals surface area contributed by atoms with Crippen molar-refractivity contribution in [3.05, 3.63) is 22.8 Å². The summed E-state index contributed by atoms with van der Waals surface area (Å²) in [4.78, 5) is 0. The Morgan fingerprint density at radius 2 is 1.60 bits per heavy atom. The van der Waals surface area contributed by atoms with E-state index in [9.17, 15) is 0 Å². The molecule has 4 heteroatoms. The summed E-state index contributed by atoms with van der Waals surface area (Å²) in [6, 6.07) is 1.68. The molecule has 0 amide bonds. The first-order chi connectivity index (χ1) is 7.11. The van der Waals surface area contributed by atoms with Crippen LogP contribution >= 0.6 is 0 Å². The summed E-state index contributed by atoms with van der Waals surface area (Å²) in [6.45, 7) is 5.42. The van der Waals surface area contributed by atoms with E-state index in [0.717, 1.165) is 16.7 Å². The van der Waals surface area contributed by atoms with Gasteiger partial charge < -0.3 is 9.47 Å². The van der Waals surface area contributed by atoms with E-state index >= 15 is 0 Å². The number of hydrogen-bond acceptors (Lipinski definition) is 4. The van der Waals surface area contributed by atoms with Gasteiger partial charge in [-0.1, -0.05) is 0 Å². The maximum Gasteiger partial charge on any atom is 0.292 e. The summed E-state index contributed by atoms with van der Waals surface area (Å²) in [6.07, 6.45) is 3.26. The van der Waals surface area contributed by atoms with Gasteiger partial charge in [-0.2, -0.15) is 0 Å². The van der Waals surface area contributed by atoms with Crippen LogP contribution in [0.1, 0.15) is 16.7 Å². The van der Waals surface area contributed by atoms with Crippen LogP contribution < -0.4 is 9.47 Å². The molecule has 0 atom stereocenters. The zero-order chi connectivity index (χ0) is 11.4. The van der Waals surface area contributed by atoms with Crippen molar-refractivity contribution in [1.29, 1.82) is 10.5 Å². The maximum absolute atomic E-state index is 8.48. The first-order valence-corrected chi connectivity index (χ1v) is 4.34. The minimum atomic E-state index is 0.498. The molecule has 76 valence electrons. The fraction of sp³-hybridized carbons (Fsp3) is 0.273. The van der Waals surface area contributed by atoms with Gasteiger partial charge in [0.1, 0.15) is 11.5 Å². The lowest BCUT2D eigenvalue weighted by atomic mass is 10.0. The van der Waals surface area contributed by atoms with Crippen LogP contribution in [0.4, 0.5) is 0 Å². The number of nitriles is 2. The Morgan fingerprint density at radius 3 is 2.13 bits per heavy atom. The highest BCUT2D eigenvalue weighted by Gasteiger charge is 2.12. The standard InChI is InChI=1S/C11H10N2O2/c1-7-4-10(14-5-12)8(2)9(3)11(7)15-6-13/h4H,1-3H3. The molecule has 0 aliphatic carbocycles. The first kappa shape index (κ1) is 10.9. The summed E-state index contributed by atoms with van der Waals surface area (Å²) >= 11 is 0. The van der Waals surface area contributed by atoms with E-state index in [1.807, 2.05) is 13.8 Å². The van der Waals surface area contributed by atoms with E-state index in [1.54, 1.807) is 25.5 Å². The fourth-order valence-electron chi connectivity index (χ4n) is 1.38. The van der Waals surface area contributed by atoms with Crippen molar-refractivity contribution in [3.8, 4) is 24.0 Å². The summed E-state index contributed by atoms with van der Waals surface area (Å²) in [5.41, 5.74) is 2.37. The molecule has 0 fully saturated rings. The van der Waals surface area contributed by atoms with E-state index in [-0.39, 0.29) is 0 Å². The van der Waals surface area contributed by atoms with Crippen LogP contribution in [0.2, 0.25) is 0 Å². The summed E-state index contributed by atoms with van der Waals surface area (Å²) in [5.74, 6) is 1.03. The van der Waals surface area contributed by atoms with Crippen molar-refractivity contribution in [2.24, 2.45) is 0 Å². The number of ether oxygens (including phenoxy) is 2. The molecule has 1 aromatic rings. The van der Waals surface area contributed by atoms with Crippen molar-refractivity contribution in [2.75, 3.05) is 0 Å². The van der Waals surface area contributed by atoms with Crippen molar-refractivity contribution in [2.45, 2.75) is 20.8 Å². The second-order valence-corrected chi connectivity index (χ2v) is 3.16. The van der Waals surface area contributed by atoms with Crippen LogP contribution in [0.15, 0.2) is 6.07 Å². The predicted octanol–water partition coefficient (Wildman–Crippen LogP) is 2.33. The molecule has 0 bridgehead atoms. The van der Waals surface area contributed by atoms with Gasteiger partial charge in [0.25, 0.3) is 12.5 Å². The monoisotopic (exact) mass is 202 g/mol. The largest absolute Gasteiger partial charge is 0.388 e. The van der Waals surface area contributed by atoms with E-state index in [1.165, 1.54) is 0 Å². The highest BCUT2D eigenvalue weighted by Crippen LogP contribution is 2.32. The van der Waals surface area contributed by atoms with E-state index < -0.39 is 0 Å². The lowest BCUT2D eigenvalue weighted by Gasteiger charge is -2.11. The average Bonchev–Trinajstić information content (AvgIpc) is 2.21. The van der Waals surface area contributed by atoms with Gasteiger partial charge in [0, 0.05) is 0 Å². The molecule has 0 N–H and O–H groups in total. The molecule has 1 aromatic carbocycles. The molecular formula is C11H10N2O2. The zero-order valence-electron chi connectivity index (χ0n) is 8.79. The Bertz CT molecular complexity index is 467. The second-order valence-electron chi connectivity index (χ2n) is 3.16. The van der Waals surface area contributed by atoms with Crippen LogP contribution in [0, 0.1) is 43.8 Å². The summed E-state index contributed by atoms with van der Waals surface area (Å²) in [7, 11) is 0. The molecule has 0 radical (unpaired) electrons. The average molecular weight is 202 g/mol. The third kappa shape index (κ3) is 2.00. The molecular weight excluding hydrogens is 192 g/mol. The molecule has 0 aromatic heterocycles. The fourth-order valence-corrected chi connectivity index (χ4v) is 1.38. The molecule has 0 saturated heterocycles. The highest BCUT2D eigenvalue weighted by atomic mass is 16.5. The van der Waals surface area contributed by atoms with Gasteiger partial charge in [0.2, 0.25) is 0 Å². The minimum absolute atomic E-state index is 0.498. The molecule has 0 heterocycles. The maximum atomic E-state index is 8.48.